The summed E-state index contributed by atoms with van der Waals surface area (Å²) < 4.78 is 5.32. The van der Waals surface area contributed by atoms with Crippen molar-refractivity contribution in [1.29, 1.82) is 0 Å². The molecular formula is C16H36N2O. The normalized spacial score (nSPS) is 13.7. The maximum Gasteiger partial charge on any atom is 0.0628 e. The summed E-state index contributed by atoms with van der Waals surface area (Å²) in [5, 5.41) is 3.52. The third-order valence-corrected chi connectivity index (χ3v) is 3.38. The Kier molecular flexibility index (Phi) is 11.6. The minimum Gasteiger partial charge on any atom is -0.383 e. The Morgan fingerprint density at radius 1 is 1.00 bits per heavy atom. The number of hydrogen-bond acceptors (Lipinski definition) is 3. The van der Waals surface area contributed by atoms with Gasteiger partial charge in [0.25, 0.3) is 0 Å². The smallest absolute Gasteiger partial charge is 0.0628 e. The van der Waals surface area contributed by atoms with E-state index >= 15 is 0 Å². The molecular weight excluding hydrogens is 236 g/mol. The fourth-order valence-corrected chi connectivity index (χ4v) is 2.15. The van der Waals surface area contributed by atoms with Gasteiger partial charge < -0.3 is 15.0 Å². The lowest BCUT2D eigenvalue weighted by molar-refractivity contribution is 0.134. The third-order valence-electron chi connectivity index (χ3n) is 3.38. The van der Waals surface area contributed by atoms with Crippen LogP contribution in [-0.2, 0) is 4.74 Å². The van der Waals surface area contributed by atoms with E-state index in [1.54, 1.807) is 7.11 Å². The van der Waals surface area contributed by atoms with Gasteiger partial charge in [-0.2, -0.15) is 0 Å². The van der Waals surface area contributed by atoms with E-state index in [4.69, 9.17) is 4.74 Å². The van der Waals surface area contributed by atoms with E-state index in [-0.39, 0.29) is 0 Å². The number of hydrogen-bond donors (Lipinski definition) is 1. The fourth-order valence-electron chi connectivity index (χ4n) is 2.15. The number of nitrogens with zero attached hydrogens (tertiary/aromatic N) is 1. The SMILES string of the molecule is CCNC(COC)CN(CCC(C)C)CCC(C)C. The van der Waals surface area contributed by atoms with Crippen LogP contribution in [0.5, 0.6) is 0 Å². The topological polar surface area (TPSA) is 24.5 Å². The van der Waals surface area contributed by atoms with Crippen LogP contribution < -0.4 is 5.32 Å². The van der Waals surface area contributed by atoms with Crippen molar-refractivity contribution in [2.75, 3.05) is 39.9 Å². The van der Waals surface area contributed by atoms with Crippen molar-refractivity contribution in [2.45, 2.75) is 53.5 Å². The molecule has 0 aliphatic heterocycles. The number of ether oxygens (including phenoxy) is 1. The summed E-state index contributed by atoms with van der Waals surface area (Å²) >= 11 is 0. The quantitative estimate of drug-likeness (QED) is 0.591. The Balaban J connectivity index is 4.25. The van der Waals surface area contributed by atoms with E-state index < -0.39 is 0 Å². The summed E-state index contributed by atoms with van der Waals surface area (Å²) in [7, 11) is 1.79. The molecule has 0 fully saturated rings. The van der Waals surface area contributed by atoms with Gasteiger partial charge in [-0.1, -0.05) is 34.6 Å². The molecule has 1 N–H and O–H groups in total. The van der Waals surface area contributed by atoms with Crippen molar-refractivity contribution >= 4 is 0 Å². The van der Waals surface area contributed by atoms with Crippen molar-refractivity contribution in [3.8, 4) is 0 Å². The molecule has 116 valence electrons. The van der Waals surface area contributed by atoms with E-state index in [1.807, 2.05) is 0 Å². The number of rotatable bonds is 12. The Bertz CT molecular complexity index is 177. The van der Waals surface area contributed by atoms with Gasteiger partial charge in [0.05, 0.1) is 6.61 Å². The summed E-state index contributed by atoms with van der Waals surface area (Å²) in [5.74, 6) is 1.56. The predicted octanol–water partition coefficient (Wildman–Crippen LogP) is 3.01. The maximum absolute atomic E-state index is 5.32. The molecule has 0 spiro atoms. The Hall–Kier alpha value is -0.120. The van der Waals surface area contributed by atoms with Crippen LogP contribution in [0.15, 0.2) is 0 Å². The molecule has 0 saturated heterocycles. The first-order valence-corrected chi connectivity index (χ1v) is 7.94. The highest BCUT2D eigenvalue weighted by molar-refractivity contribution is 4.72. The van der Waals surface area contributed by atoms with Gasteiger partial charge in [0, 0.05) is 19.7 Å². The highest BCUT2D eigenvalue weighted by atomic mass is 16.5. The molecule has 0 aliphatic carbocycles. The molecule has 0 heterocycles. The molecule has 0 aromatic carbocycles. The first kappa shape index (κ1) is 18.9. The zero-order chi connectivity index (χ0) is 14.7. The third kappa shape index (κ3) is 11.4. The molecule has 0 aromatic heterocycles. The van der Waals surface area contributed by atoms with Crippen molar-refractivity contribution in [3.63, 3.8) is 0 Å². The molecule has 0 aliphatic rings. The Morgan fingerprint density at radius 3 is 1.89 bits per heavy atom. The van der Waals surface area contributed by atoms with Crippen LogP contribution in [-0.4, -0.2) is 50.8 Å². The standard InChI is InChI=1S/C16H36N2O/c1-7-17-16(13-19-6)12-18(10-8-14(2)3)11-9-15(4)5/h14-17H,7-13H2,1-6H3. The second-order valence-electron chi connectivity index (χ2n) is 6.38. The van der Waals surface area contributed by atoms with Gasteiger partial charge in [0.1, 0.15) is 0 Å². The van der Waals surface area contributed by atoms with E-state index in [0.717, 1.165) is 31.5 Å². The molecule has 0 bridgehead atoms. The van der Waals surface area contributed by atoms with Gasteiger partial charge in [-0.3, -0.25) is 0 Å². The molecule has 0 aromatic rings. The van der Waals surface area contributed by atoms with Gasteiger partial charge in [-0.25, -0.2) is 0 Å². The van der Waals surface area contributed by atoms with Crippen LogP contribution in [0.2, 0.25) is 0 Å². The summed E-state index contributed by atoms with van der Waals surface area (Å²) in [6, 6.07) is 0.453. The summed E-state index contributed by atoms with van der Waals surface area (Å²) in [6.45, 7) is 16.7. The van der Waals surface area contributed by atoms with Crippen molar-refractivity contribution in [3.05, 3.63) is 0 Å². The highest BCUT2D eigenvalue weighted by Crippen LogP contribution is 2.07. The number of nitrogens with one attached hydrogen (secondary N) is 1. The largest absolute Gasteiger partial charge is 0.383 e. The van der Waals surface area contributed by atoms with Gasteiger partial charge in [0.2, 0.25) is 0 Å². The lowest BCUT2D eigenvalue weighted by atomic mass is 10.1. The summed E-state index contributed by atoms with van der Waals surface area (Å²) in [6.07, 6.45) is 2.56. The average molecular weight is 272 g/mol. The van der Waals surface area contributed by atoms with E-state index in [0.29, 0.717) is 6.04 Å². The van der Waals surface area contributed by atoms with Crippen LogP contribution in [0.1, 0.15) is 47.5 Å². The lowest BCUT2D eigenvalue weighted by Gasteiger charge is -2.29. The highest BCUT2D eigenvalue weighted by Gasteiger charge is 2.14. The van der Waals surface area contributed by atoms with Gasteiger partial charge in [0.15, 0.2) is 0 Å². The van der Waals surface area contributed by atoms with Crippen LogP contribution in [0.25, 0.3) is 0 Å². The molecule has 0 amide bonds. The number of methoxy groups -OCH3 is 1. The Morgan fingerprint density at radius 2 is 1.53 bits per heavy atom. The zero-order valence-corrected chi connectivity index (χ0v) is 14.0. The Labute approximate surface area is 121 Å². The minimum absolute atomic E-state index is 0.453. The average Bonchev–Trinajstić information content (AvgIpc) is 2.32. The molecule has 1 unspecified atom stereocenters. The van der Waals surface area contributed by atoms with Crippen LogP contribution in [0.3, 0.4) is 0 Å². The monoisotopic (exact) mass is 272 g/mol. The van der Waals surface area contributed by atoms with Crippen molar-refractivity contribution in [1.82, 2.24) is 10.2 Å². The van der Waals surface area contributed by atoms with Crippen LogP contribution in [0.4, 0.5) is 0 Å². The predicted molar refractivity (Wildman–Crippen MR) is 84.7 cm³/mol. The number of likely N-dealkylation sites (N-methyl/N-ethyl adjacent to an activating group) is 1. The summed E-state index contributed by atoms with van der Waals surface area (Å²) in [5.41, 5.74) is 0. The van der Waals surface area contributed by atoms with Crippen LogP contribution >= 0.6 is 0 Å². The van der Waals surface area contributed by atoms with E-state index in [1.165, 1.54) is 25.9 Å². The second kappa shape index (κ2) is 11.7. The van der Waals surface area contributed by atoms with Crippen LogP contribution in [0, 0.1) is 11.8 Å². The van der Waals surface area contributed by atoms with E-state index in [9.17, 15) is 0 Å². The maximum atomic E-state index is 5.32. The van der Waals surface area contributed by atoms with Gasteiger partial charge in [-0.05, 0) is 44.3 Å². The fraction of sp³-hybridized carbons (Fsp3) is 1.00. The molecule has 0 saturated carbocycles. The minimum atomic E-state index is 0.453. The molecule has 3 heteroatoms. The zero-order valence-electron chi connectivity index (χ0n) is 14.0. The lowest BCUT2D eigenvalue weighted by Crippen LogP contribution is -2.44. The van der Waals surface area contributed by atoms with Gasteiger partial charge >= 0.3 is 0 Å². The molecule has 1 atom stereocenters. The summed E-state index contributed by atoms with van der Waals surface area (Å²) in [4.78, 5) is 2.60. The first-order chi connectivity index (χ1) is 8.99. The molecule has 3 nitrogen and oxygen atoms in total. The molecule has 0 rings (SSSR count). The van der Waals surface area contributed by atoms with Crippen molar-refractivity contribution < 1.29 is 4.74 Å². The first-order valence-electron chi connectivity index (χ1n) is 7.94. The second-order valence-corrected chi connectivity index (χ2v) is 6.38. The van der Waals surface area contributed by atoms with Gasteiger partial charge in [-0.15, -0.1) is 0 Å². The van der Waals surface area contributed by atoms with E-state index in [2.05, 4.69) is 44.8 Å². The van der Waals surface area contributed by atoms with Crippen molar-refractivity contribution in [2.24, 2.45) is 11.8 Å². The molecule has 0 radical (unpaired) electrons. The molecule has 19 heavy (non-hydrogen) atoms.